The lowest BCUT2D eigenvalue weighted by molar-refractivity contribution is 0.621. The molecule has 15 heavy (non-hydrogen) atoms. The van der Waals surface area contributed by atoms with Crippen LogP contribution in [-0.2, 0) is 13.0 Å². The summed E-state index contributed by atoms with van der Waals surface area (Å²) in [5, 5.41) is 4.06. The molecule has 0 bridgehead atoms. The fraction of sp³-hybridized carbons (Fsp3) is 0.300. The van der Waals surface area contributed by atoms with E-state index in [0.717, 1.165) is 34.7 Å². The molecule has 0 atom stereocenters. The lowest BCUT2D eigenvalue weighted by Gasteiger charge is -2.12. The molecule has 1 N–H and O–H groups in total. The first-order valence-electron chi connectivity index (χ1n) is 4.81. The van der Waals surface area contributed by atoms with E-state index >= 15 is 0 Å². The highest BCUT2D eigenvalue weighted by atomic mass is 79.9. The van der Waals surface area contributed by atoms with Crippen LogP contribution in [0.4, 0.5) is 0 Å². The van der Waals surface area contributed by atoms with Gasteiger partial charge in [0, 0.05) is 25.7 Å². The van der Waals surface area contributed by atoms with Crippen LogP contribution in [0.2, 0.25) is 5.02 Å². The number of rotatable bonds is 0. The average molecular weight is 287 g/mol. The molecule has 0 amide bonds. The number of nitrogens with zero attached hydrogens (tertiary/aromatic N) is 2. The van der Waals surface area contributed by atoms with Gasteiger partial charge in [-0.05, 0) is 22.0 Å². The average Bonchev–Trinajstić information content (AvgIpc) is 2.57. The molecule has 2 aromatic heterocycles. The van der Waals surface area contributed by atoms with Gasteiger partial charge in [-0.25, -0.2) is 4.98 Å². The first-order chi connectivity index (χ1) is 7.25. The van der Waals surface area contributed by atoms with Gasteiger partial charge in [-0.3, -0.25) is 0 Å². The van der Waals surface area contributed by atoms with Crippen LogP contribution < -0.4 is 5.32 Å². The molecule has 3 heterocycles. The molecule has 0 fully saturated rings. The summed E-state index contributed by atoms with van der Waals surface area (Å²) in [5.74, 6) is 0. The Kier molecular flexibility index (Phi) is 2.23. The third kappa shape index (κ3) is 1.48. The van der Waals surface area contributed by atoms with Crippen LogP contribution in [0.25, 0.3) is 5.65 Å². The van der Waals surface area contributed by atoms with E-state index in [2.05, 4.69) is 30.6 Å². The first-order valence-corrected chi connectivity index (χ1v) is 5.98. The van der Waals surface area contributed by atoms with Crippen molar-refractivity contribution in [3.63, 3.8) is 0 Å². The normalized spacial score (nSPS) is 15.6. The van der Waals surface area contributed by atoms with Gasteiger partial charge in [0.1, 0.15) is 0 Å². The fourth-order valence-electron chi connectivity index (χ4n) is 1.97. The number of halogens is 2. The van der Waals surface area contributed by atoms with Crippen LogP contribution in [0, 0.1) is 0 Å². The number of aromatic nitrogens is 2. The second-order valence-corrected chi connectivity index (χ2v) is 4.92. The zero-order chi connectivity index (χ0) is 10.4. The van der Waals surface area contributed by atoms with Gasteiger partial charge in [0.05, 0.1) is 20.9 Å². The standard InChI is InChI=1S/C10H9BrClN3/c11-7-3-6(12)5-15-9-4-13-2-1-8(9)14-10(7)15/h3,5,13H,1-2,4H2. The Bertz CT molecular complexity index is 535. The number of pyridine rings is 1. The minimum absolute atomic E-state index is 0.722. The monoisotopic (exact) mass is 285 g/mol. The van der Waals surface area contributed by atoms with Crippen LogP contribution >= 0.6 is 27.5 Å². The Balaban J connectivity index is 2.37. The summed E-state index contributed by atoms with van der Waals surface area (Å²) in [6.07, 6.45) is 2.90. The maximum atomic E-state index is 6.02. The Morgan fingerprint density at radius 3 is 3.27 bits per heavy atom. The first kappa shape index (κ1) is 9.63. The van der Waals surface area contributed by atoms with Crippen molar-refractivity contribution in [1.82, 2.24) is 14.7 Å². The Hall–Kier alpha value is -0.580. The molecule has 5 heteroatoms. The summed E-state index contributed by atoms with van der Waals surface area (Å²) >= 11 is 9.51. The molecule has 1 aliphatic heterocycles. The van der Waals surface area contributed by atoms with Crippen molar-refractivity contribution in [2.24, 2.45) is 0 Å². The van der Waals surface area contributed by atoms with Gasteiger partial charge in [0.2, 0.25) is 0 Å². The number of hydrogen-bond donors (Lipinski definition) is 1. The van der Waals surface area contributed by atoms with E-state index in [9.17, 15) is 0 Å². The third-order valence-corrected chi connectivity index (χ3v) is 3.44. The van der Waals surface area contributed by atoms with Crippen molar-refractivity contribution >= 4 is 33.2 Å². The molecule has 78 valence electrons. The Morgan fingerprint density at radius 2 is 2.40 bits per heavy atom. The second-order valence-electron chi connectivity index (χ2n) is 3.63. The van der Waals surface area contributed by atoms with Crippen molar-refractivity contribution in [3.05, 3.63) is 33.1 Å². The Morgan fingerprint density at radius 1 is 1.53 bits per heavy atom. The molecule has 0 saturated carbocycles. The highest BCUT2D eigenvalue weighted by Gasteiger charge is 2.17. The van der Waals surface area contributed by atoms with Crippen LogP contribution in [-0.4, -0.2) is 15.9 Å². The van der Waals surface area contributed by atoms with Crippen LogP contribution in [0.15, 0.2) is 16.7 Å². The molecule has 2 aromatic rings. The molecule has 0 spiro atoms. The van der Waals surface area contributed by atoms with E-state index in [1.807, 2.05) is 12.3 Å². The van der Waals surface area contributed by atoms with Crippen molar-refractivity contribution in [2.75, 3.05) is 6.54 Å². The summed E-state index contributed by atoms with van der Waals surface area (Å²) < 4.78 is 3.01. The van der Waals surface area contributed by atoms with E-state index < -0.39 is 0 Å². The molecule has 1 aliphatic rings. The van der Waals surface area contributed by atoms with E-state index in [1.54, 1.807) is 0 Å². The number of imidazole rings is 1. The molecule has 3 nitrogen and oxygen atoms in total. The summed E-state index contributed by atoms with van der Waals surface area (Å²) in [6.45, 7) is 1.87. The molecule has 0 aromatic carbocycles. The molecule has 3 rings (SSSR count). The van der Waals surface area contributed by atoms with E-state index in [0.29, 0.717) is 0 Å². The molecule has 0 radical (unpaired) electrons. The number of nitrogens with one attached hydrogen (secondary N) is 1. The summed E-state index contributed by atoms with van der Waals surface area (Å²) in [6, 6.07) is 1.88. The smallest absolute Gasteiger partial charge is 0.151 e. The summed E-state index contributed by atoms with van der Waals surface area (Å²) in [5.41, 5.74) is 3.35. The van der Waals surface area contributed by atoms with E-state index in [4.69, 9.17) is 11.6 Å². The third-order valence-electron chi connectivity index (χ3n) is 2.65. The van der Waals surface area contributed by atoms with Crippen molar-refractivity contribution in [1.29, 1.82) is 0 Å². The van der Waals surface area contributed by atoms with Gasteiger partial charge in [-0.2, -0.15) is 0 Å². The predicted octanol–water partition coefficient (Wildman–Crippen LogP) is 2.40. The molecule has 0 aliphatic carbocycles. The largest absolute Gasteiger partial charge is 0.311 e. The lowest BCUT2D eigenvalue weighted by atomic mass is 10.2. The van der Waals surface area contributed by atoms with Crippen molar-refractivity contribution in [3.8, 4) is 0 Å². The molecular formula is C10H9BrClN3. The van der Waals surface area contributed by atoms with Crippen molar-refractivity contribution < 1.29 is 0 Å². The van der Waals surface area contributed by atoms with Crippen LogP contribution in [0.1, 0.15) is 11.4 Å². The molecule has 0 saturated heterocycles. The lowest BCUT2D eigenvalue weighted by Crippen LogP contribution is -2.24. The SMILES string of the molecule is Clc1cc(Br)c2nc3c(n2c1)CNCC3. The zero-order valence-electron chi connectivity index (χ0n) is 7.93. The maximum Gasteiger partial charge on any atom is 0.151 e. The zero-order valence-corrected chi connectivity index (χ0v) is 10.3. The topological polar surface area (TPSA) is 29.3 Å². The highest BCUT2D eigenvalue weighted by Crippen LogP contribution is 2.25. The second kappa shape index (κ2) is 3.47. The molecule has 0 unspecified atom stereocenters. The quantitative estimate of drug-likeness (QED) is 0.806. The van der Waals surface area contributed by atoms with Crippen molar-refractivity contribution in [2.45, 2.75) is 13.0 Å². The molecular weight excluding hydrogens is 277 g/mol. The minimum atomic E-state index is 0.722. The van der Waals surface area contributed by atoms with Gasteiger partial charge in [0.25, 0.3) is 0 Å². The maximum absolute atomic E-state index is 6.02. The van der Waals surface area contributed by atoms with Gasteiger partial charge >= 0.3 is 0 Å². The van der Waals surface area contributed by atoms with Crippen LogP contribution in [0.5, 0.6) is 0 Å². The summed E-state index contributed by atoms with van der Waals surface area (Å²) in [7, 11) is 0. The van der Waals surface area contributed by atoms with Gasteiger partial charge in [0.15, 0.2) is 5.65 Å². The fourth-order valence-corrected chi connectivity index (χ4v) is 2.83. The minimum Gasteiger partial charge on any atom is -0.311 e. The highest BCUT2D eigenvalue weighted by molar-refractivity contribution is 9.10. The van der Waals surface area contributed by atoms with Gasteiger partial charge in [-0.1, -0.05) is 11.6 Å². The summed E-state index contributed by atoms with van der Waals surface area (Å²) in [4.78, 5) is 4.61. The number of fused-ring (bicyclic) bond motifs is 3. The van der Waals surface area contributed by atoms with Gasteiger partial charge < -0.3 is 9.72 Å². The van der Waals surface area contributed by atoms with Crippen LogP contribution in [0.3, 0.4) is 0 Å². The Labute approximate surface area is 101 Å². The number of hydrogen-bond acceptors (Lipinski definition) is 2. The predicted molar refractivity (Wildman–Crippen MR) is 63.3 cm³/mol. The van der Waals surface area contributed by atoms with E-state index in [-0.39, 0.29) is 0 Å². The van der Waals surface area contributed by atoms with E-state index in [1.165, 1.54) is 11.4 Å². The van der Waals surface area contributed by atoms with Gasteiger partial charge in [-0.15, -0.1) is 0 Å².